The maximum absolute atomic E-state index is 10.4. The van der Waals surface area contributed by atoms with E-state index in [9.17, 15) is 4.79 Å². The van der Waals surface area contributed by atoms with Crippen molar-refractivity contribution in [1.29, 1.82) is 0 Å². The second kappa shape index (κ2) is 3.42. The molecule has 2 aliphatic rings. The fraction of sp³-hybridized carbons (Fsp3) is 0.900. The molecule has 0 radical (unpaired) electrons. The van der Waals surface area contributed by atoms with Crippen LogP contribution in [0.2, 0.25) is 0 Å². The molecule has 1 unspecified atom stereocenters. The van der Waals surface area contributed by atoms with Crippen molar-refractivity contribution in [2.24, 2.45) is 0 Å². The molecule has 80 valence electrons. The number of nitrogens with zero attached hydrogens (tertiary/aromatic N) is 1. The predicted molar refractivity (Wildman–Crippen MR) is 53.4 cm³/mol. The highest BCUT2D eigenvalue weighted by Gasteiger charge is 2.48. The van der Waals surface area contributed by atoms with Gasteiger partial charge in [-0.15, -0.1) is 0 Å². The quantitative estimate of drug-likeness (QED) is 0.718. The fourth-order valence-corrected chi connectivity index (χ4v) is 2.61. The lowest BCUT2D eigenvalue weighted by Gasteiger charge is -2.59. The molecule has 2 fully saturated rings. The van der Waals surface area contributed by atoms with E-state index in [1.54, 1.807) is 0 Å². The number of hydrogen-bond acceptors (Lipinski definition) is 2. The molecule has 1 aliphatic heterocycles. The number of nitrogens with one attached hydrogen (secondary N) is 1. The normalized spacial score (nSPS) is 26.4. The third kappa shape index (κ3) is 1.59. The Hall–Kier alpha value is -0.770. The minimum Gasteiger partial charge on any atom is -0.465 e. The molecule has 1 saturated heterocycles. The van der Waals surface area contributed by atoms with Crippen LogP contribution in [0.15, 0.2) is 0 Å². The minimum absolute atomic E-state index is 0.0466. The zero-order chi connectivity index (χ0) is 10.2. The molecule has 2 rings (SSSR count). The molecule has 14 heavy (non-hydrogen) atoms. The van der Waals surface area contributed by atoms with Crippen LogP contribution in [0.3, 0.4) is 0 Å². The lowest BCUT2D eigenvalue weighted by Crippen LogP contribution is -2.65. The van der Waals surface area contributed by atoms with Crippen molar-refractivity contribution in [1.82, 2.24) is 10.2 Å². The van der Waals surface area contributed by atoms with E-state index in [2.05, 4.69) is 10.2 Å². The van der Waals surface area contributed by atoms with Gasteiger partial charge in [-0.3, -0.25) is 4.90 Å². The molecular weight excluding hydrogens is 180 g/mol. The third-order valence-electron chi connectivity index (χ3n) is 3.67. The van der Waals surface area contributed by atoms with E-state index in [-0.39, 0.29) is 6.04 Å². The zero-order valence-electron chi connectivity index (χ0n) is 8.62. The van der Waals surface area contributed by atoms with Crippen molar-refractivity contribution in [3.05, 3.63) is 0 Å². The average molecular weight is 198 g/mol. The number of hydrogen-bond donors (Lipinski definition) is 2. The average Bonchev–Trinajstić information content (AvgIpc) is 1.94. The Bertz CT molecular complexity index is 233. The van der Waals surface area contributed by atoms with E-state index in [0.717, 1.165) is 13.1 Å². The third-order valence-corrected chi connectivity index (χ3v) is 3.67. The van der Waals surface area contributed by atoms with Crippen LogP contribution in [0.4, 0.5) is 4.79 Å². The Morgan fingerprint density at radius 3 is 2.64 bits per heavy atom. The Labute approximate surface area is 84.3 Å². The van der Waals surface area contributed by atoms with Crippen LogP contribution in [-0.2, 0) is 0 Å². The lowest BCUT2D eigenvalue weighted by molar-refractivity contribution is -0.0758. The van der Waals surface area contributed by atoms with Crippen LogP contribution in [-0.4, -0.2) is 40.8 Å². The number of carbonyl (C=O) groups is 1. The molecule has 4 nitrogen and oxygen atoms in total. The van der Waals surface area contributed by atoms with Crippen molar-refractivity contribution < 1.29 is 9.90 Å². The second-order valence-electron chi connectivity index (χ2n) is 4.62. The van der Waals surface area contributed by atoms with Crippen molar-refractivity contribution in [2.75, 3.05) is 13.1 Å². The van der Waals surface area contributed by atoms with Crippen molar-refractivity contribution in [3.63, 3.8) is 0 Å². The molecule has 1 atom stereocenters. The molecule has 1 saturated carbocycles. The van der Waals surface area contributed by atoms with Gasteiger partial charge in [-0.1, -0.05) is 0 Å². The molecule has 1 amide bonds. The first-order valence-corrected chi connectivity index (χ1v) is 5.37. The summed E-state index contributed by atoms with van der Waals surface area (Å²) in [7, 11) is 0. The van der Waals surface area contributed by atoms with Crippen molar-refractivity contribution in [3.8, 4) is 0 Å². The molecule has 2 N–H and O–H groups in total. The molecule has 0 aromatic carbocycles. The number of likely N-dealkylation sites (tertiary alicyclic amines) is 1. The summed E-state index contributed by atoms with van der Waals surface area (Å²) < 4.78 is 0. The maximum atomic E-state index is 10.4. The highest BCUT2D eigenvalue weighted by atomic mass is 16.4. The lowest BCUT2D eigenvalue weighted by atomic mass is 9.68. The SMILES string of the molecule is CC(CN1CCC12CCC2)NC(=O)O. The standard InChI is InChI=1S/C10H18N2O2/c1-8(11-9(13)14)7-12-6-5-10(12)3-2-4-10/h8,11H,2-7H2,1H3,(H,13,14). The zero-order valence-corrected chi connectivity index (χ0v) is 8.62. The molecule has 1 heterocycles. The largest absolute Gasteiger partial charge is 0.465 e. The van der Waals surface area contributed by atoms with Gasteiger partial charge in [-0.2, -0.15) is 0 Å². The molecule has 0 bridgehead atoms. The molecule has 0 aromatic heterocycles. The van der Waals surface area contributed by atoms with E-state index in [1.807, 2.05) is 6.92 Å². The van der Waals surface area contributed by atoms with Crippen molar-refractivity contribution >= 4 is 6.09 Å². The number of amides is 1. The van der Waals surface area contributed by atoms with E-state index in [1.165, 1.54) is 25.7 Å². The van der Waals surface area contributed by atoms with Gasteiger partial charge in [0, 0.05) is 24.7 Å². The Balaban J connectivity index is 1.77. The summed E-state index contributed by atoms with van der Waals surface area (Å²) in [5.41, 5.74) is 0.481. The summed E-state index contributed by atoms with van der Waals surface area (Å²) in [6.07, 6.45) is 4.37. The summed E-state index contributed by atoms with van der Waals surface area (Å²) in [4.78, 5) is 12.9. The highest BCUT2D eigenvalue weighted by Crippen LogP contribution is 2.46. The smallest absolute Gasteiger partial charge is 0.404 e. The number of rotatable bonds is 3. The van der Waals surface area contributed by atoms with Gasteiger partial charge < -0.3 is 10.4 Å². The highest BCUT2D eigenvalue weighted by molar-refractivity contribution is 5.64. The van der Waals surface area contributed by atoms with E-state index in [0.29, 0.717) is 5.54 Å². The Morgan fingerprint density at radius 2 is 2.29 bits per heavy atom. The molecule has 1 spiro atoms. The summed E-state index contributed by atoms with van der Waals surface area (Å²) in [6.45, 7) is 3.94. The molecule has 0 aromatic rings. The van der Waals surface area contributed by atoms with E-state index < -0.39 is 6.09 Å². The van der Waals surface area contributed by atoms with Crippen LogP contribution in [0.1, 0.15) is 32.6 Å². The first-order valence-electron chi connectivity index (χ1n) is 5.37. The molecule has 4 heteroatoms. The molecule has 1 aliphatic carbocycles. The maximum Gasteiger partial charge on any atom is 0.404 e. The summed E-state index contributed by atoms with van der Waals surface area (Å²) >= 11 is 0. The van der Waals surface area contributed by atoms with Crippen LogP contribution in [0.5, 0.6) is 0 Å². The van der Waals surface area contributed by atoms with E-state index in [4.69, 9.17) is 5.11 Å². The van der Waals surface area contributed by atoms with Gasteiger partial charge in [0.25, 0.3) is 0 Å². The first kappa shape index (κ1) is 9.77. The Morgan fingerprint density at radius 1 is 1.57 bits per heavy atom. The van der Waals surface area contributed by atoms with Crippen LogP contribution in [0, 0.1) is 0 Å². The second-order valence-corrected chi connectivity index (χ2v) is 4.62. The summed E-state index contributed by atoms with van der Waals surface area (Å²) in [5.74, 6) is 0. The van der Waals surface area contributed by atoms with Crippen LogP contribution >= 0.6 is 0 Å². The fourth-order valence-electron chi connectivity index (χ4n) is 2.61. The van der Waals surface area contributed by atoms with Gasteiger partial charge in [0.1, 0.15) is 0 Å². The summed E-state index contributed by atoms with van der Waals surface area (Å²) in [5, 5.41) is 11.1. The topological polar surface area (TPSA) is 52.6 Å². The van der Waals surface area contributed by atoms with Gasteiger partial charge >= 0.3 is 6.09 Å². The molecular formula is C10H18N2O2. The van der Waals surface area contributed by atoms with Crippen molar-refractivity contribution in [2.45, 2.75) is 44.2 Å². The van der Waals surface area contributed by atoms with Gasteiger partial charge in [-0.05, 0) is 32.6 Å². The van der Waals surface area contributed by atoms with Gasteiger partial charge in [0.2, 0.25) is 0 Å². The van der Waals surface area contributed by atoms with Gasteiger partial charge in [0.05, 0.1) is 0 Å². The van der Waals surface area contributed by atoms with Crippen LogP contribution in [0.25, 0.3) is 0 Å². The van der Waals surface area contributed by atoms with E-state index >= 15 is 0 Å². The van der Waals surface area contributed by atoms with Gasteiger partial charge in [0.15, 0.2) is 0 Å². The minimum atomic E-state index is -0.916. The summed E-state index contributed by atoms with van der Waals surface area (Å²) in [6, 6.07) is 0.0466. The number of carboxylic acid groups (broad SMARTS) is 1. The van der Waals surface area contributed by atoms with Crippen LogP contribution < -0.4 is 5.32 Å². The Kier molecular flexibility index (Phi) is 2.39. The monoisotopic (exact) mass is 198 g/mol. The first-order chi connectivity index (χ1) is 6.62. The predicted octanol–water partition coefficient (Wildman–Crippen LogP) is 1.27. The van der Waals surface area contributed by atoms with Gasteiger partial charge in [-0.25, -0.2) is 4.79 Å².